The van der Waals surface area contributed by atoms with E-state index >= 15 is 4.39 Å². The molecule has 1 aliphatic carbocycles. The van der Waals surface area contributed by atoms with Crippen molar-refractivity contribution in [2.75, 3.05) is 14.2 Å². The summed E-state index contributed by atoms with van der Waals surface area (Å²) >= 11 is 0. The predicted molar refractivity (Wildman–Crippen MR) is 143 cm³/mol. The molecule has 37 heavy (non-hydrogen) atoms. The van der Waals surface area contributed by atoms with Gasteiger partial charge in [0.1, 0.15) is 5.67 Å². The Labute approximate surface area is 218 Å². The number of nitrogens with zero attached hydrogens (tertiary/aromatic N) is 1. The SMILES string of the molecule is COc1cc2c(cc1OC)C(=O)C(CC1(F)CC3CCC(C1)N3Cc1ccc(-c3ccccc3)cc1)C2. The molecular weight excluding hydrogens is 465 g/mol. The summed E-state index contributed by atoms with van der Waals surface area (Å²) in [4.78, 5) is 15.7. The summed E-state index contributed by atoms with van der Waals surface area (Å²) in [6.07, 6.45) is 3.97. The third-order valence-electron chi connectivity index (χ3n) is 8.72. The summed E-state index contributed by atoms with van der Waals surface area (Å²) in [5, 5.41) is 0. The van der Waals surface area contributed by atoms with Gasteiger partial charge in [-0.2, -0.15) is 0 Å². The molecule has 2 fully saturated rings. The van der Waals surface area contributed by atoms with E-state index < -0.39 is 5.67 Å². The van der Waals surface area contributed by atoms with Crippen molar-refractivity contribution in [1.29, 1.82) is 0 Å². The van der Waals surface area contributed by atoms with Crippen LogP contribution in [0.3, 0.4) is 0 Å². The number of carbonyl (C=O) groups excluding carboxylic acids is 1. The van der Waals surface area contributed by atoms with Crippen LogP contribution >= 0.6 is 0 Å². The van der Waals surface area contributed by atoms with Crippen molar-refractivity contribution in [2.45, 2.75) is 62.8 Å². The van der Waals surface area contributed by atoms with E-state index in [4.69, 9.17) is 9.47 Å². The third kappa shape index (κ3) is 4.54. The number of Topliss-reactive ketones (excluding diaryl/α,β-unsaturated/α-hetero) is 1. The van der Waals surface area contributed by atoms with E-state index in [9.17, 15) is 4.79 Å². The quantitative estimate of drug-likeness (QED) is 0.365. The van der Waals surface area contributed by atoms with Gasteiger partial charge in [0.15, 0.2) is 17.3 Å². The Morgan fingerprint density at radius 3 is 2.16 bits per heavy atom. The Hall–Kier alpha value is -3.18. The molecule has 0 spiro atoms. The summed E-state index contributed by atoms with van der Waals surface area (Å²) < 4.78 is 27.2. The van der Waals surface area contributed by atoms with E-state index in [1.54, 1.807) is 20.3 Å². The normalized spacial score (nSPS) is 26.8. The Morgan fingerprint density at radius 2 is 1.51 bits per heavy atom. The fourth-order valence-electron chi connectivity index (χ4n) is 6.95. The fraction of sp³-hybridized carbons (Fsp3) is 0.406. The van der Waals surface area contributed by atoms with E-state index in [0.717, 1.165) is 24.9 Å². The average Bonchev–Trinajstić information content (AvgIpc) is 3.35. The predicted octanol–water partition coefficient (Wildman–Crippen LogP) is 6.65. The van der Waals surface area contributed by atoms with E-state index in [1.165, 1.54) is 16.7 Å². The minimum Gasteiger partial charge on any atom is -0.493 e. The number of fused-ring (bicyclic) bond motifs is 3. The number of ether oxygens (including phenoxy) is 2. The number of piperidine rings is 1. The lowest BCUT2D eigenvalue weighted by molar-refractivity contribution is -0.00652. The molecule has 0 radical (unpaired) electrons. The molecule has 6 rings (SSSR count). The molecule has 3 atom stereocenters. The van der Waals surface area contributed by atoms with Gasteiger partial charge >= 0.3 is 0 Å². The topological polar surface area (TPSA) is 38.8 Å². The first-order valence-corrected chi connectivity index (χ1v) is 13.3. The minimum absolute atomic E-state index is 0.0428. The number of alkyl halides is 1. The highest BCUT2D eigenvalue weighted by Gasteiger charge is 2.50. The largest absolute Gasteiger partial charge is 0.493 e. The first-order valence-electron chi connectivity index (χ1n) is 13.3. The lowest BCUT2D eigenvalue weighted by Gasteiger charge is -2.43. The van der Waals surface area contributed by atoms with Crippen molar-refractivity contribution in [3.63, 3.8) is 0 Å². The van der Waals surface area contributed by atoms with Crippen LogP contribution in [0.15, 0.2) is 66.7 Å². The van der Waals surface area contributed by atoms with Crippen LogP contribution in [0.5, 0.6) is 11.5 Å². The molecule has 3 aromatic carbocycles. The van der Waals surface area contributed by atoms with E-state index in [2.05, 4.69) is 53.4 Å². The maximum absolute atomic E-state index is 16.4. The molecule has 3 aliphatic rings. The van der Waals surface area contributed by atoms with Crippen LogP contribution in [0, 0.1) is 5.92 Å². The molecule has 3 unspecified atom stereocenters. The molecule has 0 aromatic heterocycles. The molecule has 0 amide bonds. The van der Waals surface area contributed by atoms with Gasteiger partial charge in [-0.25, -0.2) is 4.39 Å². The number of hydrogen-bond acceptors (Lipinski definition) is 4. The van der Waals surface area contributed by atoms with E-state index in [1.807, 2.05) is 12.1 Å². The van der Waals surface area contributed by atoms with Crippen molar-refractivity contribution in [3.8, 4) is 22.6 Å². The zero-order valence-corrected chi connectivity index (χ0v) is 21.6. The van der Waals surface area contributed by atoms with Crippen LogP contribution in [0.4, 0.5) is 4.39 Å². The number of ketones is 1. The second-order valence-corrected chi connectivity index (χ2v) is 11.0. The number of carbonyl (C=O) groups is 1. The zero-order chi connectivity index (χ0) is 25.6. The van der Waals surface area contributed by atoms with Crippen LogP contribution in [0.1, 0.15) is 53.6 Å². The van der Waals surface area contributed by atoms with Gasteiger partial charge in [-0.1, -0.05) is 54.6 Å². The number of methoxy groups -OCH3 is 2. The molecule has 3 aromatic rings. The molecule has 2 saturated heterocycles. The maximum atomic E-state index is 16.4. The molecule has 192 valence electrons. The lowest BCUT2D eigenvalue weighted by atomic mass is 9.79. The molecule has 5 heteroatoms. The molecular formula is C32H34FNO3. The van der Waals surface area contributed by atoms with Gasteiger partial charge in [-0.3, -0.25) is 9.69 Å². The second-order valence-electron chi connectivity index (χ2n) is 11.0. The Balaban J connectivity index is 1.12. The average molecular weight is 500 g/mol. The summed E-state index contributed by atoms with van der Waals surface area (Å²) in [7, 11) is 3.16. The molecule has 2 heterocycles. The molecule has 4 nitrogen and oxygen atoms in total. The van der Waals surface area contributed by atoms with Gasteiger partial charge in [0, 0.05) is 30.1 Å². The summed E-state index contributed by atoms with van der Waals surface area (Å²) in [6.45, 7) is 0.855. The Kier molecular flexibility index (Phi) is 6.28. The van der Waals surface area contributed by atoms with E-state index in [-0.39, 0.29) is 23.8 Å². The van der Waals surface area contributed by atoms with Crippen molar-refractivity contribution >= 4 is 5.78 Å². The Morgan fingerprint density at radius 1 is 0.892 bits per heavy atom. The maximum Gasteiger partial charge on any atom is 0.166 e. The van der Waals surface area contributed by atoms with Crippen LogP contribution < -0.4 is 9.47 Å². The van der Waals surface area contributed by atoms with Crippen LogP contribution in [0.25, 0.3) is 11.1 Å². The fourth-order valence-corrected chi connectivity index (χ4v) is 6.95. The first kappa shape index (κ1) is 24.2. The van der Waals surface area contributed by atoms with Crippen LogP contribution in [-0.2, 0) is 13.0 Å². The van der Waals surface area contributed by atoms with Crippen LogP contribution in [0.2, 0.25) is 0 Å². The lowest BCUT2D eigenvalue weighted by Crippen LogP contribution is -2.49. The van der Waals surface area contributed by atoms with Gasteiger partial charge in [0.25, 0.3) is 0 Å². The minimum atomic E-state index is -1.30. The van der Waals surface area contributed by atoms with Gasteiger partial charge < -0.3 is 9.47 Å². The Bertz CT molecular complexity index is 1280. The number of halogens is 1. The standard InChI is InChI=1S/C32H34FNO3/c1-36-29-15-24-14-25(31(35)28(24)16-30(29)37-2)17-32(33)18-26-12-13-27(19-32)34(26)20-21-8-10-23(11-9-21)22-6-4-3-5-7-22/h3-11,15-16,25-27H,12-14,17-20H2,1-2H3. The van der Waals surface area contributed by atoms with Gasteiger partial charge in [-0.15, -0.1) is 0 Å². The molecule has 2 bridgehead atoms. The van der Waals surface area contributed by atoms with Crippen LogP contribution in [-0.4, -0.2) is 42.7 Å². The first-order chi connectivity index (χ1) is 18.0. The molecule has 0 N–H and O–H groups in total. The number of hydrogen-bond donors (Lipinski definition) is 0. The van der Waals surface area contributed by atoms with E-state index in [0.29, 0.717) is 42.7 Å². The summed E-state index contributed by atoms with van der Waals surface area (Å²) in [5.41, 5.74) is 4.00. The highest BCUT2D eigenvalue weighted by Crippen LogP contribution is 2.48. The van der Waals surface area contributed by atoms with Gasteiger partial charge in [-0.05, 0) is 72.9 Å². The zero-order valence-electron chi connectivity index (χ0n) is 21.6. The number of benzene rings is 3. The monoisotopic (exact) mass is 499 g/mol. The molecule has 2 aliphatic heterocycles. The second kappa shape index (κ2) is 9.60. The van der Waals surface area contributed by atoms with Crippen molar-refractivity contribution in [2.24, 2.45) is 5.92 Å². The van der Waals surface area contributed by atoms with Gasteiger partial charge in [0.2, 0.25) is 0 Å². The van der Waals surface area contributed by atoms with Crippen molar-refractivity contribution in [3.05, 3.63) is 83.4 Å². The molecule has 0 saturated carbocycles. The van der Waals surface area contributed by atoms with Gasteiger partial charge in [0.05, 0.1) is 14.2 Å². The summed E-state index contributed by atoms with van der Waals surface area (Å²) in [6, 6.07) is 23.3. The third-order valence-corrected chi connectivity index (χ3v) is 8.72. The smallest absolute Gasteiger partial charge is 0.166 e. The highest BCUT2D eigenvalue weighted by atomic mass is 19.1. The van der Waals surface area contributed by atoms with Crippen molar-refractivity contribution < 1.29 is 18.7 Å². The summed E-state index contributed by atoms with van der Waals surface area (Å²) in [5.74, 6) is 0.899. The number of rotatable bonds is 7. The van der Waals surface area contributed by atoms with Crippen molar-refractivity contribution in [1.82, 2.24) is 4.90 Å². The highest BCUT2D eigenvalue weighted by molar-refractivity contribution is 6.03.